The molecule has 2 rings (SSSR count). The molecule has 1 saturated carbocycles. The van der Waals surface area contributed by atoms with Gasteiger partial charge in [0.25, 0.3) is 0 Å². The van der Waals surface area contributed by atoms with E-state index in [9.17, 15) is 4.39 Å². The van der Waals surface area contributed by atoms with Gasteiger partial charge >= 0.3 is 0 Å². The molecular formula is C11H12F. The van der Waals surface area contributed by atoms with Crippen LogP contribution >= 0.6 is 0 Å². The molecule has 0 spiro atoms. The van der Waals surface area contributed by atoms with Crippen molar-refractivity contribution in [3.05, 3.63) is 42.1 Å². The van der Waals surface area contributed by atoms with Gasteiger partial charge in [-0.2, -0.15) is 0 Å². The van der Waals surface area contributed by atoms with Crippen LogP contribution in [0.1, 0.15) is 24.8 Å². The molecule has 1 radical (unpaired) electrons. The van der Waals surface area contributed by atoms with E-state index in [-0.39, 0.29) is 5.82 Å². The van der Waals surface area contributed by atoms with Gasteiger partial charge in [-0.3, -0.25) is 0 Å². The van der Waals surface area contributed by atoms with Gasteiger partial charge in [-0.05, 0) is 36.5 Å². The van der Waals surface area contributed by atoms with Crippen LogP contribution in [0, 0.1) is 18.2 Å². The van der Waals surface area contributed by atoms with Gasteiger partial charge in [-0.25, -0.2) is 4.39 Å². The van der Waals surface area contributed by atoms with Crippen molar-refractivity contribution in [3.8, 4) is 0 Å². The van der Waals surface area contributed by atoms with Gasteiger partial charge in [-0.15, -0.1) is 0 Å². The van der Waals surface area contributed by atoms with Gasteiger partial charge < -0.3 is 0 Å². The molecule has 0 amide bonds. The van der Waals surface area contributed by atoms with Crippen molar-refractivity contribution in [1.82, 2.24) is 0 Å². The Bertz CT molecular complexity index is 246. The topological polar surface area (TPSA) is 0 Å². The fourth-order valence-electron chi connectivity index (χ4n) is 1.26. The largest absolute Gasteiger partial charge is 0.207 e. The highest BCUT2D eigenvalue weighted by molar-refractivity contribution is 5.23. The van der Waals surface area contributed by atoms with Crippen LogP contribution in [0.25, 0.3) is 0 Å². The van der Waals surface area contributed by atoms with Crippen LogP contribution in [0.5, 0.6) is 0 Å². The Kier molecular flexibility index (Phi) is 2.11. The molecule has 1 aromatic carbocycles. The number of halogens is 1. The standard InChI is InChI=1S/C11H12F/c12-11-7-5-10(6-8-11)4-3-9-1-2-9/h4-9H,1-3H2. The fourth-order valence-corrected chi connectivity index (χ4v) is 1.26. The maximum atomic E-state index is 12.5. The molecule has 0 nitrogen and oxygen atoms in total. The highest BCUT2D eigenvalue weighted by Crippen LogP contribution is 2.34. The zero-order chi connectivity index (χ0) is 8.39. The summed E-state index contributed by atoms with van der Waals surface area (Å²) in [6, 6.07) is 6.69. The van der Waals surface area contributed by atoms with Crippen LogP contribution in [0.4, 0.5) is 4.39 Å². The van der Waals surface area contributed by atoms with Gasteiger partial charge in [0, 0.05) is 0 Å². The lowest BCUT2D eigenvalue weighted by atomic mass is 10.1. The van der Waals surface area contributed by atoms with E-state index in [1.807, 2.05) is 12.1 Å². The maximum Gasteiger partial charge on any atom is 0.123 e. The summed E-state index contributed by atoms with van der Waals surface area (Å²) in [5.74, 6) is 0.758. The van der Waals surface area contributed by atoms with Crippen molar-refractivity contribution in [2.45, 2.75) is 19.3 Å². The van der Waals surface area contributed by atoms with E-state index < -0.39 is 0 Å². The molecule has 1 aromatic rings. The van der Waals surface area contributed by atoms with Crippen LogP contribution in [0.3, 0.4) is 0 Å². The molecule has 1 aliphatic carbocycles. The molecule has 1 aliphatic rings. The first-order valence-corrected chi connectivity index (χ1v) is 4.43. The second-order valence-corrected chi connectivity index (χ2v) is 3.43. The Morgan fingerprint density at radius 2 is 1.92 bits per heavy atom. The van der Waals surface area contributed by atoms with E-state index in [1.54, 1.807) is 0 Å². The normalized spacial score (nSPS) is 16.4. The summed E-state index contributed by atoms with van der Waals surface area (Å²) in [7, 11) is 0. The van der Waals surface area contributed by atoms with Gasteiger partial charge in [0.1, 0.15) is 5.82 Å². The second-order valence-electron chi connectivity index (χ2n) is 3.43. The molecule has 12 heavy (non-hydrogen) atoms. The van der Waals surface area contributed by atoms with Gasteiger partial charge in [-0.1, -0.05) is 25.0 Å². The van der Waals surface area contributed by atoms with Crippen LogP contribution < -0.4 is 0 Å². The van der Waals surface area contributed by atoms with Crippen LogP contribution in [0.2, 0.25) is 0 Å². The number of hydrogen-bond donors (Lipinski definition) is 0. The third-order valence-corrected chi connectivity index (χ3v) is 2.25. The smallest absolute Gasteiger partial charge is 0.123 e. The minimum Gasteiger partial charge on any atom is -0.207 e. The second kappa shape index (κ2) is 3.26. The van der Waals surface area contributed by atoms with Crippen molar-refractivity contribution in [1.29, 1.82) is 0 Å². The summed E-state index contributed by atoms with van der Waals surface area (Å²) < 4.78 is 12.5. The summed E-state index contributed by atoms with van der Waals surface area (Å²) in [6.07, 6.45) is 6.10. The molecule has 0 atom stereocenters. The maximum absolute atomic E-state index is 12.5. The zero-order valence-electron chi connectivity index (χ0n) is 6.96. The van der Waals surface area contributed by atoms with Crippen molar-refractivity contribution in [3.63, 3.8) is 0 Å². The molecule has 0 aromatic heterocycles. The van der Waals surface area contributed by atoms with E-state index >= 15 is 0 Å². The Balaban J connectivity index is 1.89. The summed E-state index contributed by atoms with van der Waals surface area (Å²) in [6.45, 7) is 0. The predicted octanol–water partition coefficient (Wildman–Crippen LogP) is 3.18. The first kappa shape index (κ1) is 7.78. The monoisotopic (exact) mass is 163 g/mol. The predicted molar refractivity (Wildman–Crippen MR) is 47.1 cm³/mol. The third kappa shape index (κ3) is 2.07. The van der Waals surface area contributed by atoms with E-state index in [0.717, 1.165) is 17.9 Å². The molecule has 1 fully saturated rings. The Hall–Kier alpha value is -0.850. The summed E-state index contributed by atoms with van der Waals surface area (Å²) in [5.41, 5.74) is 1.14. The van der Waals surface area contributed by atoms with Gasteiger partial charge in [0.2, 0.25) is 0 Å². The van der Waals surface area contributed by atoms with Gasteiger partial charge in [0.05, 0.1) is 0 Å². The zero-order valence-corrected chi connectivity index (χ0v) is 6.96. The first-order valence-electron chi connectivity index (χ1n) is 4.43. The number of benzene rings is 1. The Labute approximate surface area is 72.4 Å². The van der Waals surface area contributed by atoms with E-state index in [0.29, 0.717) is 0 Å². The third-order valence-electron chi connectivity index (χ3n) is 2.25. The SMILES string of the molecule is Fc1ccc([CH]CC2CC2)cc1. The highest BCUT2D eigenvalue weighted by atomic mass is 19.1. The quantitative estimate of drug-likeness (QED) is 0.642. The molecule has 0 bridgehead atoms. The van der Waals surface area contributed by atoms with Crippen molar-refractivity contribution in [2.24, 2.45) is 5.92 Å². The summed E-state index contributed by atoms with van der Waals surface area (Å²) in [5, 5.41) is 0. The highest BCUT2D eigenvalue weighted by Gasteiger charge is 2.20. The molecule has 0 N–H and O–H groups in total. The number of hydrogen-bond acceptors (Lipinski definition) is 0. The Morgan fingerprint density at radius 1 is 1.25 bits per heavy atom. The van der Waals surface area contributed by atoms with E-state index in [1.165, 1.54) is 25.0 Å². The number of rotatable bonds is 3. The van der Waals surface area contributed by atoms with Crippen molar-refractivity contribution in [2.75, 3.05) is 0 Å². The lowest BCUT2D eigenvalue weighted by Crippen LogP contribution is -1.83. The molecular weight excluding hydrogens is 151 g/mol. The average Bonchev–Trinajstić information content (AvgIpc) is 2.87. The van der Waals surface area contributed by atoms with Crippen LogP contribution in [-0.4, -0.2) is 0 Å². The minimum absolute atomic E-state index is 0.154. The average molecular weight is 163 g/mol. The molecule has 63 valence electrons. The van der Waals surface area contributed by atoms with Crippen LogP contribution in [-0.2, 0) is 0 Å². The molecule has 1 heteroatoms. The minimum atomic E-state index is -0.154. The molecule has 0 heterocycles. The molecule has 0 aliphatic heterocycles. The molecule has 0 saturated heterocycles. The Morgan fingerprint density at radius 3 is 2.50 bits per heavy atom. The fraction of sp³-hybridized carbons (Fsp3) is 0.364. The van der Waals surface area contributed by atoms with Crippen molar-refractivity contribution >= 4 is 0 Å². The molecule has 0 unspecified atom stereocenters. The summed E-state index contributed by atoms with van der Waals surface area (Å²) >= 11 is 0. The van der Waals surface area contributed by atoms with Crippen LogP contribution in [0.15, 0.2) is 24.3 Å². The first-order chi connectivity index (χ1) is 5.84. The van der Waals surface area contributed by atoms with E-state index in [4.69, 9.17) is 0 Å². The van der Waals surface area contributed by atoms with E-state index in [2.05, 4.69) is 6.42 Å². The van der Waals surface area contributed by atoms with Gasteiger partial charge in [0.15, 0.2) is 0 Å². The lowest BCUT2D eigenvalue weighted by molar-refractivity contribution is 0.627. The van der Waals surface area contributed by atoms with Crippen molar-refractivity contribution < 1.29 is 4.39 Å². The summed E-state index contributed by atoms with van der Waals surface area (Å²) in [4.78, 5) is 0. The lowest BCUT2D eigenvalue weighted by Gasteiger charge is -1.98.